The highest BCUT2D eigenvalue weighted by Gasteiger charge is 2.38. The van der Waals surface area contributed by atoms with Gasteiger partial charge in [0, 0.05) is 0 Å². The van der Waals surface area contributed by atoms with Crippen LogP contribution in [0, 0.1) is 0 Å². The van der Waals surface area contributed by atoms with Gasteiger partial charge in [-0.3, -0.25) is 19.2 Å². The minimum atomic E-state index is -1.21. The Morgan fingerprint density at radius 3 is 1.21 bits per heavy atom. The number of carboxylic acids is 2. The van der Waals surface area contributed by atoms with Crippen LogP contribution in [-0.4, -0.2) is 52.6 Å². The number of hydrogen-bond donors (Lipinski definition) is 2. The minimum Gasteiger partial charge on any atom is -0.478 e. The van der Waals surface area contributed by atoms with E-state index in [0.29, 0.717) is 11.5 Å². The van der Waals surface area contributed by atoms with Crippen LogP contribution >= 0.6 is 0 Å². The van der Waals surface area contributed by atoms with E-state index in [-0.39, 0.29) is 51.5 Å². The molecule has 2 heterocycles. The number of fused-ring (bicyclic) bond motifs is 2. The van der Waals surface area contributed by atoms with Gasteiger partial charge in [0.2, 0.25) is 6.79 Å². The highest BCUT2D eigenvalue weighted by Crippen LogP contribution is 2.32. The molecule has 0 radical (unpaired) electrons. The average Bonchev–Trinajstić information content (AvgIpc) is 3.41. The van der Waals surface area contributed by atoms with Gasteiger partial charge in [-0.15, -0.1) is 0 Å². The second-order valence-electron chi connectivity index (χ2n) is 9.42. The summed E-state index contributed by atoms with van der Waals surface area (Å²) in [5, 5.41) is 18.4. The number of anilines is 2. The molecular formula is C31H18N2O10. The standard InChI is InChI=1S/C31H18N2O10/c34-26-22-11-1-16(30(38)39)13-24(22)28(36)32(26)18-3-7-20(8-4-18)42-15-43-21-9-5-19(6-10-21)33-27(35)23-12-2-17(31(40)41)14-25(23)29(33)37/h1-14H,15H2,(H,38,39)(H,40,41). The van der Waals surface area contributed by atoms with E-state index in [0.717, 1.165) is 9.80 Å². The zero-order valence-corrected chi connectivity index (χ0v) is 21.8. The van der Waals surface area contributed by atoms with Crippen LogP contribution in [0.1, 0.15) is 62.1 Å². The van der Waals surface area contributed by atoms with Gasteiger partial charge in [-0.05, 0) is 84.9 Å². The molecule has 0 aromatic heterocycles. The predicted molar refractivity (Wildman–Crippen MR) is 148 cm³/mol. The zero-order chi connectivity index (χ0) is 30.4. The first-order valence-corrected chi connectivity index (χ1v) is 12.6. The first kappa shape index (κ1) is 26.9. The van der Waals surface area contributed by atoms with E-state index >= 15 is 0 Å². The molecule has 2 N–H and O–H groups in total. The highest BCUT2D eigenvalue weighted by molar-refractivity contribution is 6.35. The zero-order valence-electron chi connectivity index (χ0n) is 21.8. The van der Waals surface area contributed by atoms with Crippen molar-refractivity contribution in [2.24, 2.45) is 0 Å². The van der Waals surface area contributed by atoms with Crippen molar-refractivity contribution >= 4 is 46.9 Å². The summed E-state index contributed by atoms with van der Waals surface area (Å²) in [5.74, 6) is -4.06. The summed E-state index contributed by atoms with van der Waals surface area (Å²) in [5.41, 5.74) is 0.619. The molecule has 2 aliphatic rings. The molecule has 43 heavy (non-hydrogen) atoms. The van der Waals surface area contributed by atoms with Crippen molar-refractivity contribution in [3.8, 4) is 11.5 Å². The van der Waals surface area contributed by atoms with Crippen LogP contribution in [0.3, 0.4) is 0 Å². The first-order chi connectivity index (χ1) is 20.6. The smallest absolute Gasteiger partial charge is 0.335 e. The summed E-state index contributed by atoms with van der Waals surface area (Å²) in [4.78, 5) is 75.6. The summed E-state index contributed by atoms with van der Waals surface area (Å²) in [6.07, 6.45) is 0. The Morgan fingerprint density at radius 2 is 0.860 bits per heavy atom. The van der Waals surface area contributed by atoms with Crippen LogP contribution < -0.4 is 19.3 Å². The number of hydrogen-bond acceptors (Lipinski definition) is 8. The van der Waals surface area contributed by atoms with Crippen molar-refractivity contribution in [2.75, 3.05) is 16.6 Å². The summed E-state index contributed by atoms with van der Waals surface area (Å²) >= 11 is 0. The van der Waals surface area contributed by atoms with Crippen LogP contribution in [0.2, 0.25) is 0 Å². The molecular weight excluding hydrogens is 560 g/mol. The second-order valence-corrected chi connectivity index (χ2v) is 9.42. The molecule has 12 heteroatoms. The molecule has 212 valence electrons. The highest BCUT2D eigenvalue weighted by atomic mass is 16.7. The van der Waals surface area contributed by atoms with E-state index in [1.54, 1.807) is 0 Å². The number of imide groups is 2. The normalized spacial score (nSPS) is 13.7. The molecule has 4 aromatic rings. The Kier molecular flexibility index (Phi) is 6.42. The molecule has 4 amide bonds. The third-order valence-electron chi connectivity index (χ3n) is 6.91. The van der Waals surface area contributed by atoms with Crippen LogP contribution in [0.5, 0.6) is 11.5 Å². The Hall–Kier alpha value is -6.30. The fourth-order valence-electron chi connectivity index (χ4n) is 4.77. The number of carboxylic acid groups (broad SMARTS) is 2. The largest absolute Gasteiger partial charge is 0.478 e. The van der Waals surface area contributed by atoms with Gasteiger partial charge in [-0.2, -0.15) is 0 Å². The third kappa shape index (κ3) is 4.62. The van der Waals surface area contributed by atoms with Crippen LogP contribution in [0.15, 0.2) is 84.9 Å². The SMILES string of the molecule is O=C(O)c1ccc2c(c1)C(=O)N(c1ccc(OCOc3ccc(N4C(=O)c5ccc(C(=O)O)cc5C4=O)cc3)cc1)C2=O. The quantitative estimate of drug-likeness (QED) is 0.229. The van der Waals surface area contributed by atoms with Crippen molar-refractivity contribution in [3.63, 3.8) is 0 Å². The van der Waals surface area contributed by atoms with E-state index in [9.17, 15) is 39.0 Å². The summed E-state index contributed by atoms with van der Waals surface area (Å²) < 4.78 is 11.2. The van der Waals surface area contributed by atoms with Gasteiger partial charge in [-0.25, -0.2) is 19.4 Å². The van der Waals surface area contributed by atoms with Crippen molar-refractivity contribution < 1.29 is 48.5 Å². The van der Waals surface area contributed by atoms with Gasteiger partial charge >= 0.3 is 11.9 Å². The fraction of sp³-hybridized carbons (Fsp3) is 0.0323. The number of carbonyl (C=O) groups is 6. The number of amides is 4. The molecule has 4 aromatic carbocycles. The van der Waals surface area contributed by atoms with Crippen molar-refractivity contribution in [1.82, 2.24) is 0 Å². The van der Waals surface area contributed by atoms with E-state index in [2.05, 4.69) is 0 Å². The van der Waals surface area contributed by atoms with Crippen molar-refractivity contribution in [1.29, 1.82) is 0 Å². The number of rotatable bonds is 8. The lowest BCUT2D eigenvalue weighted by molar-refractivity contribution is 0.0686. The summed E-state index contributed by atoms with van der Waals surface area (Å²) in [6, 6.07) is 19.7. The number of aromatic carboxylic acids is 2. The number of ether oxygens (including phenoxy) is 2. The van der Waals surface area contributed by atoms with Gasteiger partial charge in [0.1, 0.15) is 11.5 Å². The molecule has 6 rings (SSSR count). The van der Waals surface area contributed by atoms with Gasteiger partial charge in [0.15, 0.2) is 0 Å². The molecule has 0 spiro atoms. The minimum absolute atomic E-state index is 0.0139. The maximum atomic E-state index is 12.8. The van der Waals surface area contributed by atoms with Crippen LogP contribution in [0.4, 0.5) is 11.4 Å². The molecule has 0 saturated heterocycles. The van der Waals surface area contributed by atoms with Gasteiger partial charge < -0.3 is 19.7 Å². The van der Waals surface area contributed by atoms with Gasteiger partial charge in [0.05, 0.1) is 44.8 Å². The Morgan fingerprint density at radius 1 is 0.512 bits per heavy atom. The monoisotopic (exact) mass is 578 g/mol. The van der Waals surface area contributed by atoms with E-state index in [4.69, 9.17) is 9.47 Å². The molecule has 0 fully saturated rings. The Balaban J connectivity index is 1.07. The second kappa shape index (κ2) is 10.3. The predicted octanol–water partition coefficient (Wildman–Crippen LogP) is 4.10. The lowest BCUT2D eigenvalue weighted by Crippen LogP contribution is -2.29. The third-order valence-corrected chi connectivity index (χ3v) is 6.91. The number of nitrogens with zero attached hydrogens (tertiary/aromatic N) is 2. The number of benzene rings is 4. The maximum absolute atomic E-state index is 12.8. The van der Waals surface area contributed by atoms with Crippen LogP contribution in [-0.2, 0) is 0 Å². The van der Waals surface area contributed by atoms with Crippen molar-refractivity contribution in [3.05, 3.63) is 118 Å². The Bertz CT molecular complexity index is 1740. The summed E-state index contributed by atoms with van der Waals surface area (Å²) in [6.45, 7) is -0.214. The number of carbonyl (C=O) groups excluding carboxylic acids is 4. The lowest BCUT2D eigenvalue weighted by Gasteiger charge is -2.15. The van der Waals surface area contributed by atoms with Gasteiger partial charge in [-0.1, -0.05) is 0 Å². The Labute approximate surface area is 241 Å². The fourth-order valence-corrected chi connectivity index (χ4v) is 4.77. The van der Waals surface area contributed by atoms with E-state index in [1.165, 1.54) is 84.9 Å². The van der Waals surface area contributed by atoms with Crippen LogP contribution in [0.25, 0.3) is 0 Å². The first-order valence-electron chi connectivity index (χ1n) is 12.6. The molecule has 0 atom stereocenters. The average molecular weight is 578 g/mol. The lowest BCUT2D eigenvalue weighted by atomic mass is 10.1. The topological polar surface area (TPSA) is 168 Å². The molecule has 0 bridgehead atoms. The molecule has 12 nitrogen and oxygen atoms in total. The molecule has 0 aliphatic carbocycles. The van der Waals surface area contributed by atoms with Crippen molar-refractivity contribution in [2.45, 2.75) is 0 Å². The molecule has 2 aliphatic heterocycles. The molecule has 0 saturated carbocycles. The van der Waals surface area contributed by atoms with E-state index in [1.807, 2.05) is 0 Å². The maximum Gasteiger partial charge on any atom is 0.335 e. The van der Waals surface area contributed by atoms with Gasteiger partial charge in [0.25, 0.3) is 23.6 Å². The molecule has 0 unspecified atom stereocenters. The summed E-state index contributed by atoms with van der Waals surface area (Å²) in [7, 11) is 0. The van der Waals surface area contributed by atoms with E-state index < -0.39 is 35.6 Å².